The maximum absolute atomic E-state index is 4.53. The molecule has 1 unspecified atom stereocenters. The Morgan fingerprint density at radius 3 is 2.75 bits per heavy atom. The van der Waals surface area contributed by atoms with E-state index in [1.807, 2.05) is 6.20 Å². The molecule has 2 heterocycles. The van der Waals surface area contributed by atoms with Crippen molar-refractivity contribution in [3.63, 3.8) is 0 Å². The van der Waals surface area contributed by atoms with Crippen LogP contribution in [0.4, 0.5) is 0 Å². The van der Waals surface area contributed by atoms with Crippen LogP contribution in [0.3, 0.4) is 0 Å². The van der Waals surface area contributed by atoms with Gasteiger partial charge in [-0.3, -0.25) is 0 Å². The summed E-state index contributed by atoms with van der Waals surface area (Å²) in [5.41, 5.74) is 3.60. The minimum atomic E-state index is 0. The van der Waals surface area contributed by atoms with Crippen molar-refractivity contribution >= 4 is 24.8 Å². The molecule has 1 aromatic carbocycles. The van der Waals surface area contributed by atoms with Crippen LogP contribution in [0.5, 0.6) is 0 Å². The third-order valence-electron chi connectivity index (χ3n) is 3.56. The summed E-state index contributed by atoms with van der Waals surface area (Å²) in [6.45, 7) is 3.22. The van der Waals surface area contributed by atoms with Gasteiger partial charge in [-0.05, 0) is 37.9 Å². The van der Waals surface area contributed by atoms with Gasteiger partial charge in [0.05, 0.1) is 17.9 Å². The van der Waals surface area contributed by atoms with Gasteiger partial charge in [-0.1, -0.05) is 30.2 Å². The number of piperidine rings is 1. The van der Waals surface area contributed by atoms with Crippen molar-refractivity contribution in [2.75, 3.05) is 6.54 Å². The van der Waals surface area contributed by atoms with E-state index in [0.29, 0.717) is 6.04 Å². The Kier molecular flexibility index (Phi) is 6.53. The molecule has 1 aliphatic heterocycles. The molecule has 1 fully saturated rings. The van der Waals surface area contributed by atoms with E-state index in [4.69, 9.17) is 0 Å². The molecule has 3 nitrogen and oxygen atoms in total. The number of H-pyrrole nitrogens is 1. The fourth-order valence-electron chi connectivity index (χ4n) is 2.56. The molecule has 1 atom stereocenters. The summed E-state index contributed by atoms with van der Waals surface area (Å²) in [5, 5.41) is 3.52. The molecular formula is C15H21Cl2N3. The first-order valence-electron chi connectivity index (χ1n) is 6.68. The van der Waals surface area contributed by atoms with Crippen molar-refractivity contribution in [1.29, 1.82) is 0 Å². The Bertz CT molecular complexity index is 533. The molecule has 1 aromatic heterocycles. The van der Waals surface area contributed by atoms with Crippen LogP contribution in [-0.2, 0) is 0 Å². The molecule has 0 spiro atoms. The fourth-order valence-corrected chi connectivity index (χ4v) is 2.56. The van der Waals surface area contributed by atoms with Gasteiger partial charge in [-0.2, -0.15) is 0 Å². The molecular weight excluding hydrogens is 293 g/mol. The average Bonchev–Trinajstić information content (AvgIpc) is 2.89. The third-order valence-corrected chi connectivity index (χ3v) is 3.56. The van der Waals surface area contributed by atoms with Gasteiger partial charge in [0, 0.05) is 0 Å². The number of hydrogen-bond acceptors (Lipinski definition) is 2. The lowest BCUT2D eigenvalue weighted by molar-refractivity contribution is 0.399. The number of hydrogen-bond donors (Lipinski definition) is 2. The average molecular weight is 314 g/mol. The van der Waals surface area contributed by atoms with Crippen molar-refractivity contribution in [2.24, 2.45) is 0 Å². The van der Waals surface area contributed by atoms with E-state index >= 15 is 0 Å². The first-order chi connectivity index (χ1) is 8.83. The number of benzene rings is 1. The van der Waals surface area contributed by atoms with Crippen molar-refractivity contribution < 1.29 is 0 Å². The summed E-state index contributed by atoms with van der Waals surface area (Å²) >= 11 is 0. The number of rotatable bonds is 2. The minimum Gasteiger partial charge on any atom is -0.341 e. The third kappa shape index (κ3) is 3.75. The molecule has 2 aromatic rings. The van der Waals surface area contributed by atoms with Crippen molar-refractivity contribution in [3.05, 3.63) is 41.9 Å². The normalized spacial score (nSPS) is 17.9. The molecule has 3 rings (SSSR count). The standard InChI is InChI=1S/C15H19N3.2ClH/c1-11-5-4-6-12(9-11)14-10-17-15(18-14)13-7-2-3-8-16-13;;/h4-6,9-10,13,16H,2-3,7-8H2,1H3,(H,17,18);2*1H. The fraction of sp³-hybridized carbons (Fsp3) is 0.400. The number of halogens is 2. The summed E-state index contributed by atoms with van der Waals surface area (Å²) in [6, 6.07) is 8.91. The second-order valence-corrected chi connectivity index (χ2v) is 5.05. The molecule has 0 saturated carbocycles. The number of aromatic nitrogens is 2. The maximum Gasteiger partial charge on any atom is 0.123 e. The minimum absolute atomic E-state index is 0. The van der Waals surface area contributed by atoms with Crippen LogP contribution < -0.4 is 5.32 Å². The molecule has 1 aliphatic rings. The topological polar surface area (TPSA) is 40.7 Å². The van der Waals surface area contributed by atoms with Crippen LogP contribution in [-0.4, -0.2) is 16.5 Å². The number of imidazole rings is 1. The van der Waals surface area contributed by atoms with Crippen LogP contribution in [0.15, 0.2) is 30.5 Å². The van der Waals surface area contributed by atoms with Crippen LogP contribution in [0.1, 0.15) is 36.7 Å². The molecule has 0 radical (unpaired) electrons. The Morgan fingerprint density at radius 1 is 1.20 bits per heavy atom. The first kappa shape index (κ1) is 17.0. The second kappa shape index (κ2) is 7.67. The number of aryl methyl sites for hydroxylation is 1. The predicted molar refractivity (Wildman–Crippen MR) is 87.9 cm³/mol. The first-order valence-corrected chi connectivity index (χ1v) is 6.68. The van der Waals surface area contributed by atoms with Gasteiger partial charge >= 0.3 is 0 Å². The van der Waals surface area contributed by atoms with Gasteiger partial charge in [-0.15, -0.1) is 24.8 Å². The maximum atomic E-state index is 4.53. The number of aromatic amines is 1. The molecule has 0 bridgehead atoms. The Morgan fingerprint density at radius 2 is 2.05 bits per heavy atom. The predicted octanol–water partition coefficient (Wildman–Crippen LogP) is 4.04. The Balaban J connectivity index is 0.000001000. The largest absolute Gasteiger partial charge is 0.341 e. The van der Waals surface area contributed by atoms with E-state index in [-0.39, 0.29) is 24.8 Å². The Hall–Kier alpha value is -1.03. The van der Waals surface area contributed by atoms with Crippen LogP contribution in [0.25, 0.3) is 11.3 Å². The molecule has 0 amide bonds. The van der Waals surface area contributed by atoms with E-state index in [0.717, 1.165) is 18.1 Å². The van der Waals surface area contributed by atoms with Gasteiger partial charge in [0.2, 0.25) is 0 Å². The zero-order valence-electron chi connectivity index (χ0n) is 11.6. The van der Waals surface area contributed by atoms with Crippen LogP contribution >= 0.6 is 24.8 Å². The quantitative estimate of drug-likeness (QED) is 0.878. The Labute approximate surface area is 132 Å². The van der Waals surface area contributed by atoms with Gasteiger partial charge in [0.15, 0.2) is 0 Å². The molecule has 0 aliphatic carbocycles. The van der Waals surface area contributed by atoms with Gasteiger partial charge in [0.25, 0.3) is 0 Å². The summed E-state index contributed by atoms with van der Waals surface area (Å²) in [5.74, 6) is 1.08. The smallest absolute Gasteiger partial charge is 0.123 e. The lowest BCUT2D eigenvalue weighted by atomic mass is 10.0. The highest BCUT2D eigenvalue weighted by atomic mass is 35.5. The zero-order valence-corrected chi connectivity index (χ0v) is 13.2. The second-order valence-electron chi connectivity index (χ2n) is 5.05. The monoisotopic (exact) mass is 313 g/mol. The van der Waals surface area contributed by atoms with Crippen LogP contribution in [0, 0.1) is 6.92 Å². The van der Waals surface area contributed by atoms with E-state index in [1.165, 1.54) is 30.4 Å². The highest BCUT2D eigenvalue weighted by Gasteiger charge is 2.17. The molecule has 2 N–H and O–H groups in total. The van der Waals surface area contributed by atoms with Crippen molar-refractivity contribution in [2.45, 2.75) is 32.2 Å². The highest BCUT2D eigenvalue weighted by Crippen LogP contribution is 2.24. The van der Waals surface area contributed by atoms with Crippen molar-refractivity contribution in [1.82, 2.24) is 15.3 Å². The summed E-state index contributed by atoms with van der Waals surface area (Å²) in [6.07, 6.45) is 5.70. The van der Waals surface area contributed by atoms with Gasteiger partial charge in [-0.25, -0.2) is 4.98 Å². The molecule has 110 valence electrons. The molecule has 5 heteroatoms. The van der Waals surface area contributed by atoms with Crippen LogP contribution in [0.2, 0.25) is 0 Å². The van der Waals surface area contributed by atoms with E-state index in [2.05, 4.69) is 46.5 Å². The van der Waals surface area contributed by atoms with E-state index < -0.39 is 0 Å². The summed E-state index contributed by atoms with van der Waals surface area (Å²) < 4.78 is 0. The lowest BCUT2D eigenvalue weighted by Crippen LogP contribution is -2.27. The van der Waals surface area contributed by atoms with Crippen molar-refractivity contribution in [3.8, 4) is 11.3 Å². The SMILES string of the molecule is Cc1cccc(-c2cnc(C3CCCCN3)[nH]2)c1.Cl.Cl. The highest BCUT2D eigenvalue weighted by molar-refractivity contribution is 5.85. The summed E-state index contributed by atoms with van der Waals surface area (Å²) in [4.78, 5) is 7.98. The summed E-state index contributed by atoms with van der Waals surface area (Å²) in [7, 11) is 0. The number of nitrogens with one attached hydrogen (secondary N) is 2. The molecule has 20 heavy (non-hydrogen) atoms. The zero-order chi connectivity index (χ0) is 12.4. The van der Waals surface area contributed by atoms with E-state index in [9.17, 15) is 0 Å². The molecule has 1 saturated heterocycles. The lowest BCUT2D eigenvalue weighted by Gasteiger charge is -2.21. The number of nitrogens with zero attached hydrogens (tertiary/aromatic N) is 1. The van der Waals surface area contributed by atoms with E-state index in [1.54, 1.807) is 0 Å². The van der Waals surface area contributed by atoms with Gasteiger partial charge < -0.3 is 10.3 Å². The van der Waals surface area contributed by atoms with Gasteiger partial charge in [0.1, 0.15) is 5.82 Å².